The summed E-state index contributed by atoms with van der Waals surface area (Å²) in [4.78, 5) is 23.7. The second-order valence-corrected chi connectivity index (χ2v) is 5.33. The molecule has 0 aliphatic heterocycles. The second kappa shape index (κ2) is 6.45. The molecule has 0 unspecified atom stereocenters. The van der Waals surface area contributed by atoms with Crippen LogP contribution >= 0.6 is 11.6 Å². The third kappa shape index (κ3) is 4.35. The maximum Gasteiger partial charge on any atom is 0.417 e. The van der Waals surface area contributed by atoms with Crippen LogP contribution < -0.4 is 10.9 Å². The summed E-state index contributed by atoms with van der Waals surface area (Å²) in [6.45, 7) is 1.30. The monoisotopic (exact) mass is 344 g/mol. The molecule has 0 aliphatic rings. The van der Waals surface area contributed by atoms with Crippen LogP contribution in [0.5, 0.6) is 0 Å². The fourth-order valence-corrected chi connectivity index (χ4v) is 2.09. The molecule has 1 aromatic carbocycles. The lowest BCUT2D eigenvalue weighted by Crippen LogP contribution is -2.29. The van der Waals surface area contributed by atoms with Gasteiger partial charge in [-0.25, -0.2) is 0 Å². The molecule has 0 radical (unpaired) electrons. The van der Waals surface area contributed by atoms with E-state index in [0.717, 1.165) is 5.56 Å². The average Bonchev–Trinajstić information content (AvgIpc) is 2.45. The summed E-state index contributed by atoms with van der Waals surface area (Å²) in [7, 11) is 0. The Hall–Kier alpha value is -2.28. The first-order chi connectivity index (χ1) is 10.7. The Bertz CT molecular complexity index is 783. The number of anilines is 1. The van der Waals surface area contributed by atoms with Gasteiger partial charge in [0, 0.05) is 11.9 Å². The smallest absolute Gasteiger partial charge is 0.325 e. The standard InChI is InChI=1S/C15H12ClF3N2O2/c1-9-2-4-11(5-3-9)20-13(22)8-21-7-10(15(17,18)19)6-12(16)14(21)23/h2-7H,8H2,1H3,(H,20,22). The van der Waals surface area contributed by atoms with Gasteiger partial charge in [0.15, 0.2) is 0 Å². The predicted molar refractivity (Wildman–Crippen MR) is 80.5 cm³/mol. The number of nitrogens with zero attached hydrogens (tertiary/aromatic N) is 1. The van der Waals surface area contributed by atoms with Crippen LogP contribution in [0.25, 0.3) is 0 Å². The molecular weight excluding hydrogens is 333 g/mol. The van der Waals surface area contributed by atoms with E-state index in [0.29, 0.717) is 22.5 Å². The molecule has 1 amide bonds. The first-order valence-corrected chi connectivity index (χ1v) is 6.88. The molecule has 2 aromatic rings. The molecule has 23 heavy (non-hydrogen) atoms. The van der Waals surface area contributed by atoms with E-state index >= 15 is 0 Å². The van der Waals surface area contributed by atoms with Gasteiger partial charge in [0.05, 0.1) is 5.56 Å². The number of pyridine rings is 1. The van der Waals surface area contributed by atoms with Crippen molar-refractivity contribution in [3.8, 4) is 0 Å². The number of hydrogen-bond donors (Lipinski definition) is 1. The minimum Gasteiger partial charge on any atom is -0.325 e. The minimum atomic E-state index is -4.66. The van der Waals surface area contributed by atoms with Crippen LogP contribution in [0.1, 0.15) is 11.1 Å². The van der Waals surface area contributed by atoms with Gasteiger partial charge in [0.25, 0.3) is 5.56 Å². The number of aromatic nitrogens is 1. The first kappa shape index (κ1) is 17.1. The number of rotatable bonds is 3. The Morgan fingerprint density at radius 1 is 1.26 bits per heavy atom. The Labute approximate surface area is 134 Å². The fraction of sp³-hybridized carbons (Fsp3) is 0.200. The van der Waals surface area contributed by atoms with Crippen molar-refractivity contribution < 1.29 is 18.0 Å². The van der Waals surface area contributed by atoms with E-state index in [1.54, 1.807) is 24.3 Å². The normalized spacial score (nSPS) is 11.3. The molecule has 1 heterocycles. The Morgan fingerprint density at radius 3 is 2.43 bits per heavy atom. The predicted octanol–water partition coefficient (Wildman–Crippen LogP) is 3.47. The number of nitrogens with one attached hydrogen (secondary N) is 1. The number of hydrogen-bond acceptors (Lipinski definition) is 2. The second-order valence-electron chi connectivity index (χ2n) is 4.92. The number of amides is 1. The Kier molecular flexibility index (Phi) is 4.79. The summed E-state index contributed by atoms with van der Waals surface area (Å²) in [6.07, 6.45) is -4.09. The topological polar surface area (TPSA) is 51.1 Å². The van der Waals surface area contributed by atoms with Gasteiger partial charge in [-0.1, -0.05) is 29.3 Å². The van der Waals surface area contributed by atoms with Crippen LogP contribution in [0.4, 0.5) is 18.9 Å². The largest absolute Gasteiger partial charge is 0.417 e. The van der Waals surface area contributed by atoms with E-state index in [-0.39, 0.29) is 0 Å². The molecule has 0 aliphatic carbocycles. The third-order valence-electron chi connectivity index (χ3n) is 3.02. The molecule has 0 saturated carbocycles. The molecule has 2 rings (SSSR count). The maximum absolute atomic E-state index is 12.7. The number of halogens is 4. The van der Waals surface area contributed by atoms with Crippen LogP contribution in [0.3, 0.4) is 0 Å². The van der Waals surface area contributed by atoms with Crippen LogP contribution in [-0.4, -0.2) is 10.5 Å². The van der Waals surface area contributed by atoms with Gasteiger partial charge in [-0.2, -0.15) is 13.2 Å². The summed E-state index contributed by atoms with van der Waals surface area (Å²) in [5.74, 6) is -0.633. The van der Waals surface area contributed by atoms with Crippen molar-refractivity contribution in [2.75, 3.05) is 5.32 Å². The number of carbonyl (C=O) groups excluding carboxylic acids is 1. The zero-order valence-corrected chi connectivity index (χ0v) is 12.7. The van der Waals surface area contributed by atoms with Gasteiger partial charge in [0.2, 0.25) is 5.91 Å². The average molecular weight is 345 g/mol. The highest BCUT2D eigenvalue weighted by Crippen LogP contribution is 2.29. The summed E-state index contributed by atoms with van der Waals surface area (Å²) < 4.78 is 38.8. The molecule has 0 atom stereocenters. The molecule has 8 heteroatoms. The highest BCUT2D eigenvalue weighted by molar-refractivity contribution is 6.30. The number of aryl methyl sites for hydroxylation is 1. The van der Waals surface area contributed by atoms with E-state index in [1.807, 2.05) is 6.92 Å². The Morgan fingerprint density at radius 2 is 1.87 bits per heavy atom. The lowest BCUT2D eigenvalue weighted by molar-refractivity contribution is -0.138. The summed E-state index contributed by atoms with van der Waals surface area (Å²) in [5.41, 5.74) is -0.487. The van der Waals surface area contributed by atoms with Crippen molar-refractivity contribution in [3.63, 3.8) is 0 Å². The van der Waals surface area contributed by atoms with Gasteiger partial charge < -0.3 is 9.88 Å². The summed E-state index contributed by atoms with van der Waals surface area (Å²) in [5, 5.41) is 1.91. The first-order valence-electron chi connectivity index (χ1n) is 6.50. The van der Waals surface area contributed by atoms with Crippen molar-refractivity contribution in [1.82, 2.24) is 4.57 Å². The fourth-order valence-electron chi connectivity index (χ4n) is 1.86. The molecule has 0 bridgehead atoms. The Balaban J connectivity index is 2.22. The molecule has 0 fully saturated rings. The quantitative estimate of drug-likeness (QED) is 0.927. The molecule has 1 aromatic heterocycles. The van der Waals surface area contributed by atoms with E-state index < -0.39 is 34.8 Å². The van der Waals surface area contributed by atoms with Crippen LogP contribution in [0, 0.1) is 6.92 Å². The van der Waals surface area contributed by atoms with E-state index in [9.17, 15) is 22.8 Å². The van der Waals surface area contributed by atoms with E-state index in [4.69, 9.17) is 11.6 Å². The molecule has 122 valence electrons. The number of carbonyl (C=O) groups is 1. The third-order valence-corrected chi connectivity index (χ3v) is 3.29. The lowest BCUT2D eigenvalue weighted by atomic mass is 10.2. The van der Waals surface area contributed by atoms with Gasteiger partial charge >= 0.3 is 6.18 Å². The molecule has 4 nitrogen and oxygen atoms in total. The zero-order chi connectivity index (χ0) is 17.2. The zero-order valence-electron chi connectivity index (χ0n) is 11.9. The van der Waals surface area contributed by atoms with Crippen LogP contribution in [0.2, 0.25) is 5.02 Å². The molecule has 0 spiro atoms. The highest BCUT2D eigenvalue weighted by atomic mass is 35.5. The van der Waals surface area contributed by atoms with Gasteiger partial charge in [-0.3, -0.25) is 9.59 Å². The molecule has 0 saturated heterocycles. The number of benzene rings is 1. The van der Waals surface area contributed by atoms with Gasteiger partial charge in [0.1, 0.15) is 11.6 Å². The molecule has 1 N–H and O–H groups in total. The van der Waals surface area contributed by atoms with Crippen molar-refractivity contribution in [1.29, 1.82) is 0 Å². The SMILES string of the molecule is Cc1ccc(NC(=O)Cn2cc(C(F)(F)F)cc(Cl)c2=O)cc1. The van der Waals surface area contributed by atoms with Crippen molar-refractivity contribution in [2.45, 2.75) is 19.6 Å². The van der Waals surface area contributed by atoms with Crippen molar-refractivity contribution >= 4 is 23.2 Å². The van der Waals surface area contributed by atoms with Crippen molar-refractivity contribution in [2.24, 2.45) is 0 Å². The summed E-state index contributed by atoms with van der Waals surface area (Å²) >= 11 is 5.52. The lowest BCUT2D eigenvalue weighted by Gasteiger charge is -2.12. The van der Waals surface area contributed by atoms with Gasteiger partial charge in [-0.05, 0) is 25.1 Å². The summed E-state index contributed by atoms with van der Waals surface area (Å²) in [6, 6.07) is 7.37. The van der Waals surface area contributed by atoms with Crippen LogP contribution in [0.15, 0.2) is 41.3 Å². The highest BCUT2D eigenvalue weighted by Gasteiger charge is 2.32. The van der Waals surface area contributed by atoms with E-state index in [2.05, 4.69) is 5.32 Å². The number of alkyl halides is 3. The van der Waals surface area contributed by atoms with Gasteiger partial charge in [-0.15, -0.1) is 0 Å². The minimum absolute atomic E-state index is 0.478. The van der Waals surface area contributed by atoms with Crippen LogP contribution in [-0.2, 0) is 17.5 Å². The van der Waals surface area contributed by atoms with E-state index in [1.165, 1.54) is 0 Å². The maximum atomic E-state index is 12.7. The molecular formula is C15H12ClF3N2O2. The van der Waals surface area contributed by atoms with Crippen molar-refractivity contribution in [3.05, 3.63) is 63.0 Å².